The van der Waals surface area contributed by atoms with E-state index in [0.717, 1.165) is 6.29 Å². The summed E-state index contributed by atoms with van der Waals surface area (Å²) in [6.45, 7) is 26.9. The summed E-state index contributed by atoms with van der Waals surface area (Å²) in [6, 6.07) is 16.9. The molecule has 2 aromatic carbocycles. The third-order valence-electron chi connectivity index (χ3n) is 13.1. The molecule has 4 fully saturated rings. The van der Waals surface area contributed by atoms with E-state index in [1.807, 2.05) is 83.1 Å². The van der Waals surface area contributed by atoms with Crippen molar-refractivity contribution < 1.29 is 59.6 Å². The summed E-state index contributed by atoms with van der Waals surface area (Å²) in [6.07, 6.45) is 1.78. The molecule has 0 unspecified atom stereocenters. The topological polar surface area (TPSA) is 181 Å². The van der Waals surface area contributed by atoms with Gasteiger partial charge in [-0.05, 0) is 112 Å². The van der Waals surface area contributed by atoms with Crippen molar-refractivity contribution in [2.75, 3.05) is 24.6 Å². The Morgan fingerprint density at radius 3 is 1.30 bits per heavy atom. The van der Waals surface area contributed by atoms with Crippen LogP contribution in [0, 0.1) is 23.7 Å². The molecule has 4 heterocycles. The Morgan fingerprint density at radius 2 is 0.986 bits per heavy atom. The molecule has 4 saturated heterocycles. The van der Waals surface area contributed by atoms with Crippen LogP contribution in [0.3, 0.4) is 0 Å². The van der Waals surface area contributed by atoms with Crippen LogP contribution in [0.1, 0.15) is 124 Å². The van der Waals surface area contributed by atoms with Crippen molar-refractivity contribution >= 4 is 38.1 Å². The predicted octanol–water partition coefficient (Wildman–Crippen LogP) is 9.92. The highest BCUT2D eigenvalue weighted by Crippen LogP contribution is 2.42. The fourth-order valence-electron chi connectivity index (χ4n) is 9.71. The van der Waals surface area contributed by atoms with Crippen molar-refractivity contribution in [1.82, 2.24) is 9.80 Å². The average molecular weight is 1020 g/mol. The molecule has 4 aliphatic heterocycles. The van der Waals surface area contributed by atoms with Gasteiger partial charge in [0.25, 0.3) is 0 Å². The van der Waals surface area contributed by atoms with Gasteiger partial charge in [0, 0.05) is 31.1 Å². The number of ether oxygens (including phenoxy) is 6. The molecule has 2 amide bonds. The molecule has 0 aliphatic carbocycles. The maximum Gasteiger partial charge on any atom is 0.412 e. The van der Waals surface area contributed by atoms with Gasteiger partial charge in [-0.25, -0.2) is 26.4 Å². The number of nitrogens with zero attached hydrogens (tertiary/aromatic N) is 2. The molecule has 396 valence electrons. The Labute approximate surface area is 420 Å². The first-order valence-electron chi connectivity index (χ1n) is 23.7. The van der Waals surface area contributed by atoms with Gasteiger partial charge in [0.1, 0.15) is 28.9 Å². The lowest BCUT2D eigenvalue weighted by molar-refractivity contribution is -0.111. The molecule has 6 rings (SSSR count). The first-order chi connectivity index (χ1) is 31.5. The lowest BCUT2D eigenvalue weighted by Gasteiger charge is -2.31. The first kappa shape index (κ1) is 60.4. The van der Waals surface area contributed by atoms with Gasteiger partial charge >= 0.3 is 12.2 Å². The molecular formula is C53H84N2O13S2. The van der Waals surface area contributed by atoms with Gasteiger partial charge in [-0.15, -0.1) is 6.58 Å². The minimum absolute atomic E-state index is 0. The third kappa shape index (κ3) is 15.6. The number of amides is 2. The molecule has 70 heavy (non-hydrogen) atoms. The summed E-state index contributed by atoms with van der Waals surface area (Å²) in [4.78, 5) is 40.5. The quantitative estimate of drug-likeness (QED) is 0.129. The van der Waals surface area contributed by atoms with E-state index < -0.39 is 60.6 Å². The van der Waals surface area contributed by atoms with Gasteiger partial charge in [0.05, 0.1) is 71.0 Å². The van der Waals surface area contributed by atoms with Gasteiger partial charge in [0.2, 0.25) is 0 Å². The van der Waals surface area contributed by atoms with Crippen LogP contribution in [0.4, 0.5) is 9.59 Å². The summed E-state index contributed by atoms with van der Waals surface area (Å²) in [7, 11) is -6.98. The number of hydrogen-bond acceptors (Lipinski definition) is 13. The average Bonchev–Trinajstić information content (AvgIpc) is 3.90. The van der Waals surface area contributed by atoms with Gasteiger partial charge in [-0.1, -0.05) is 71.2 Å². The van der Waals surface area contributed by atoms with Crippen molar-refractivity contribution in [3.05, 3.63) is 73.3 Å². The summed E-state index contributed by atoms with van der Waals surface area (Å²) in [5.41, 5.74) is -2.85. The van der Waals surface area contributed by atoms with Crippen molar-refractivity contribution in [2.24, 2.45) is 23.7 Å². The van der Waals surface area contributed by atoms with Crippen LogP contribution in [0.15, 0.2) is 83.1 Å². The van der Waals surface area contributed by atoms with E-state index in [0.29, 0.717) is 37.2 Å². The van der Waals surface area contributed by atoms with Crippen LogP contribution in [0.5, 0.6) is 0 Å². The SMILES string of the molecule is C.C.C=CC[C@@H]1O[C@H](C[C@H]2CN(C(=O)OC(C)(C)C)C(C)(C)O2)[C@H](C)[C@H]1CS(=O)(=O)c1ccccc1.C[C@@H]1[C@@H](CS(=O)(=O)c2ccccc2)[C@H](CC=O)O[C@@H]1C[C@H]1CN(C(=O)OC(C)(C)C)C(C)(C)O1. The monoisotopic (exact) mass is 1020 g/mol. The molecule has 2 aromatic rings. The maximum atomic E-state index is 13.1. The molecule has 4 aliphatic rings. The van der Waals surface area contributed by atoms with E-state index in [4.69, 9.17) is 28.4 Å². The van der Waals surface area contributed by atoms with E-state index in [9.17, 15) is 31.2 Å². The van der Waals surface area contributed by atoms with Gasteiger partial charge < -0.3 is 33.2 Å². The normalized spacial score (nSPS) is 28.4. The van der Waals surface area contributed by atoms with E-state index in [1.54, 1.807) is 76.5 Å². The first-order valence-corrected chi connectivity index (χ1v) is 27.0. The fourth-order valence-corrected chi connectivity index (χ4v) is 13.3. The van der Waals surface area contributed by atoms with Gasteiger partial charge in [-0.2, -0.15) is 0 Å². The molecule has 0 radical (unpaired) electrons. The number of carbonyl (C=O) groups is 3. The van der Waals surface area contributed by atoms with Crippen LogP contribution >= 0.6 is 0 Å². The standard InChI is InChI=1S/C26H39NO6S.C25H37NO7S.2CH4/c1-8-12-22-21(17-34(29,30)20-13-10-9-11-14-20)18(2)23(31-22)15-19-16-27(26(6,7)32-19)24(28)33-25(3,4)5;1-17-20(16-34(29,30)19-10-8-7-9-11-19)21(12-13-27)31-22(17)14-18-15-26(25(5,6)32-18)23(28)33-24(2,3)4;;/h8-11,13-14,18-19,21-23H,1,12,15-17H2,2-7H3;7-11,13,17-18,20-22H,12,14-16H2,1-6H3;2*1H4/t18-,19+,21-,22+,23-;17-,18+,20-,21+,22-;;/m11../s1. The molecular weight excluding hydrogens is 937 g/mol. The zero-order valence-electron chi connectivity index (χ0n) is 42.1. The molecule has 0 saturated carbocycles. The maximum absolute atomic E-state index is 13.1. The Morgan fingerprint density at radius 1 is 0.643 bits per heavy atom. The molecule has 17 heteroatoms. The van der Waals surface area contributed by atoms with E-state index in [1.165, 1.54) is 0 Å². The second-order valence-electron chi connectivity index (χ2n) is 21.6. The van der Waals surface area contributed by atoms with E-state index >= 15 is 0 Å². The van der Waals surface area contributed by atoms with Crippen molar-refractivity contribution in [3.8, 4) is 0 Å². The minimum Gasteiger partial charge on any atom is -0.444 e. The molecule has 0 bridgehead atoms. The Hall–Kier alpha value is -3.87. The molecule has 0 aromatic heterocycles. The van der Waals surface area contributed by atoms with Crippen molar-refractivity contribution in [2.45, 2.75) is 193 Å². The summed E-state index contributed by atoms with van der Waals surface area (Å²) in [5, 5.41) is 0. The van der Waals surface area contributed by atoms with Gasteiger partial charge in [-0.3, -0.25) is 9.80 Å². The number of sulfone groups is 2. The third-order valence-corrected chi connectivity index (χ3v) is 16.8. The van der Waals surface area contributed by atoms with Crippen LogP contribution < -0.4 is 0 Å². The largest absolute Gasteiger partial charge is 0.444 e. The Kier molecular flexibility index (Phi) is 20.5. The highest BCUT2D eigenvalue weighted by molar-refractivity contribution is 7.91. The van der Waals surface area contributed by atoms with Gasteiger partial charge in [0.15, 0.2) is 19.7 Å². The van der Waals surface area contributed by atoms with Crippen LogP contribution in [0.2, 0.25) is 0 Å². The molecule has 15 nitrogen and oxygen atoms in total. The summed E-state index contributed by atoms with van der Waals surface area (Å²) >= 11 is 0. The second kappa shape index (κ2) is 23.8. The second-order valence-corrected chi connectivity index (χ2v) is 25.7. The van der Waals surface area contributed by atoms with Crippen molar-refractivity contribution in [3.63, 3.8) is 0 Å². The van der Waals surface area contributed by atoms with E-state index in [-0.39, 0.29) is 91.9 Å². The minimum atomic E-state index is -3.53. The lowest BCUT2D eigenvalue weighted by Crippen LogP contribution is -2.46. The smallest absolute Gasteiger partial charge is 0.412 e. The Balaban J connectivity index is 0.000000360. The van der Waals surface area contributed by atoms with Crippen LogP contribution in [-0.4, -0.2) is 129 Å². The summed E-state index contributed by atoms with van der Waals surface area (Å²) in [5.74, 6) is -0.652. The number of aldehydes is 1. The number of hydrogen-bond donors (Lipinski definition) is 0. The zero-order valence-corrected chi connectivity index (χ0v) is 43.7. The summed E-state index contributed by atoms with van der Waals surface area (Å²) < 4.78 is 88.3. The lowest BCUT2D eigenvalue weighted by atomic mass is 9.87. The number of benzene rings is 2. The molecule has 0 N–H and O–H groups in total. The van der Waals surface area contributed by atoms with Crippen LogP contribution in [-0.2, 0) is 52.9 Å². The predicted molar refractivity (Wildman–Crippen MR) is 272 cm³/mol. The van der Waals surface area contributed by atoms with Crippen molar-refractivity contribution in [1.29, 1.82) is 0 Å². The molecule has 0 spiro atoms. The Bertz CT molecular complexity index is 2100. The van der Waals surface area contributed by atoms with E-state index in [2.05, 4.69) is 6.58 Å². The number of rotatable bonds is 14. The van der Waals surface area contributed by atoms with Crippen LogP contribution in [0.25, 0.3) is 0 Å². The number of carbonyl (C=O) groups excluding carboxylic acids is 3. The fraction of sp³-hybridized carbons (Fsp3) is 0.679. The zero-order chi connectivity index (χ0) is 50.6. The molecule has 10 atom stereocenters. The highest BCUT2D eigenvalue weighted by atomic mass is 32.2. The highest BCUT2D eigenvalue weighted by Gasteiger charge is 2.51.